The average Bonchev–Trinajstić information content (AvgIpc) is 3.20. The van der Waals surface area contributed by atoms with Gasteiger partial charge in [-0.3, -0.25) is 9.20 Å². The highest BCUT2D eigenvalue weighted by atomic mass is 35.5. The molecular formula is C19H19ClN6O. The second-order valence-electron chi connectivity index (χ2n) is 6.66. The molecule has 0 radical (unpaired) electrons. The summed E-state index contributed by atoms with van der Waals surface area (Å²) in [6, 6.07) is 5.34. The molecule has 0 aliphatic rings. The number of carbonyl (C=O) groups is 1. The number of imidazole rings is 1. The third kappa shape index (κ3) is 2.62. The standard InChI is InChI=1S/C19H19ClN6O/c1-9(2)18-25-15(16-17(21)23-6-7-26(16)18)14-13(20)11-5-4-10(19(27)22-3)8-12(11)24-14/h4-9,24H,1-3H3,(H2,21,23)(H,22,27). The average molecular weight is 383 g/mol. The lowest BCUT2D eigenvalue weighted by molar-refractivity contribution is 0.0963. The van der Waals surface area contributed by atoms with Gasteiger partial charge in [0.15, 0.2) is 0 Å². The van der Waals surface area contributed by atoms with Gasteiger partial charge >= 0.3 is 0 Å². The number of carbonyl (C=O) groups excluding carboxylic acids is 1. The number of H-pyrrole nitrogens is 1. The first-order valence-electron chi connectivity index (χ1n) is 8.58. The van der Waals surface area contributed by atoms with Crippen LogP contribution in [0.4, 0.5) is 5.82 Å². The molecule has 27 heavy (non-hydrogen) atoms. The summed E-state index contributed by atoms with van der Waals surface area (Å²) < 4.78 is 1.94. The van der Waals surface area contributed by atoms with Gasteiger partial charge in [0, 0.05) is 41.8 Å². The first-order valence-corrected chi connectivity index (χ1v) is 8.96. The highest BCUT2D eigenvalue weighted by Crippen LogP contribution is 2.38. The van der Waals surface area contributed by atoms with E-state index in [-0.39, 0.29) is 11.8 Å². The highest BCUT2D eigenvalue weighted by molar-refractivity contribution is 6.38. The van der Waals surface area contributed by atoms with Crippen LogP contribution in [-0.2, 0) is 0 Å². The van der Waals surface area contributed by atoms with E-state index >= 15 is 0 Å². The summed E-state index contributed by atoms with van der Waals surface area (Å²) in [6.45, 7) is 4.13. The number of aromatic amines is 1. The number of fused-ring (bicyclic) bond motifs is 2. The molecule has 3 heterocycles. The van der Waals surface area contributed by atoms with E-state index in [1.165, 1.54) is 0 Å². The Morgan fingerprint density at radius 1 is 1.37 bits per heavy atom. The van der Waals surface area contributed by atoms with Gasteiger partial charge in [-0.05, 0) is 12.1 Å². The minimum Gasteiger partial charge on any atom is -0.382 e. The van der Waals surface area contributed by atoms with Crippen LogP contribution in [0.5, 0.6) is 0 Å². The Morgan fingerprint density at radius 3 is 2.85 bits per heavy atom. The monoisotopic (exact) mass is 382 g/mol. The number of hydrogen-bond donors (Lipinski definition) is 3. The first-order chi connectivity index (χ1) is 12.9. The van der Waals surface area contributed by atoms with Crippen molar-refractivity contribution >= 4 is 39.7 Å². The maximum Gasteiger partial charge on any atom is 0.251 e. The molecule has 4 rings (SSSR count). The fourth-order valence-electron chi connectivity index (χ4n) is 3.28. The zero-order chi connectivity index (χ0) is 19.3. The van der Waals surface area contributed by atoms with Gasteiger partial charge in [0.25, 0.3) is 5.91 Å². The van der Waals surface area contributed by atoms with E-state index in [4.69, 9.17) is 22.3 Å². The Morgan fingerprint density at radius 2 is 2.15 bits per heavy atom. The van der Waals surface area contributed by atoms with Crippen molar-refractivity contribution in [2.75, 3.05) is 12.8 Å². The van der Waals surface area contributed by atoms with Crippen LogP contribution in [0.2, 0.25) is 5.02 Å². The van der Waals surface area contributed by atoms with Crippen LogP contribution >= 0.6 is 11.6 Å². The minimum atomic E-state index is -0.160. The molecule has 0 aliphatic heterocycles. The third-order valence-electron chi connectivity index (χ3n) is 4.59. The Kier molecular flexibility index (Phi) is 4.04. The van der Waals surface area contributed by atoms with Crippen molar-refractivity contribution < 1.29 is 4.79 Å². The predicted octanol–water partition coefficient (Wildman–Crippen LogP) is 3.60. The van der Waals surface area contributed by atoms with E-state index < -0.39 is 0 Å². The molecule has 4 aromatic rings. The largest absolute Gasteiger partial charge is 0.382 e. The van der Waals surface area contributed by atoms with Crippen LogP contribution in [0.1, 0.15) is 35.9 Å². The number of nitrogen functional groups attached to an aromatic ring is 1. The van der Waals surface area contributed by atoms with Crippen molar-refractivity contribution in [3.8, 4) is 11.4 Å². The number of anilines is 1. The quantitative estimate of drug-likeness (QED) is 0.504. The van der Waals surface area contributed by atoms with E-state index in [0.29, 0.717) is 33.3 Å². The summed E-state index contributed by atoms with van der Waals surface area (Å²) in [5.41, 5.74) is 9.47. The lowest BCUT2D eigenvalue weighted by Crippen LogP contribution is -2.17. The van der Waals surface area contributed by atoms with Crippen molar-refractivity contribution in [1.29, 1.82) is 0 Å². The number of nitrogens with one attached hydrogen (secondary N) is 2. The number of benzene rings is 1. The molecule has 0 unspecified atom stereocenters. The molecule has 0 saturated heterocycles. The van der Waals surface area contributed by atoms with Crippen LogP contribution < -0.4 is 11.1 Å². The topological polar surface area (TPSA) is 101 Å². The zero-order valence-corrected chi connectivity index (χ0v) is 15.9. The van der Waals surface area contributed by atoms with E-state index in [9.17, 15) is 4.79 Å². The van der Waals surface area contributed by atoms with Gasteiger partial charge in [0.2, 0.25) is 0 Å². The minimum absolute atomic E-state index is 0.160. The van der Waals surface area contributed by atoms with Gasteiger partial charge in [-0.15, -0.1) is 0 Å². The Bertz CT molecular complexity index is 1190. The van der Waals surface area contributed by atoms with Crippen molar-refractivity contribution in [2.24, 2.45) is 0 Å². The normalized spacial score (nSPS) is 11.6. The summed E-state index contributed by atoms with van der Waals surface area (Å²) in [4.78, 5) is 24.2. The number of nitrogens with zero attached hydrogens (tertiary/aromatic N) is 3. The van der Waals surface area contributed by atoms with Gasteiger partial charge in [0.05, 0.1) is 10.7 Å². The molecule has 1 aromatic carbocycles. The Labute approximate surface area is 160 Å². The molecular weight excluding hydrogens is 364 g/mol. The van der Waals surface area contributed by atoms with Crippen molar-refractivity contribution in [3.05, 3.63) is 47.0 Å². The van der Waals surface area contributed by atoms with E-state index in [0.717, 1.165) is 16.7 Å². The molecule has 1 amide bonds. The highest BCUT2D eigenvalue weighted by Gasteiger charge is 2.22. The smallest absolute Gasteiger partial charge is 0.251 e. The zero-order valence-electron chi connectivity index (χ0n) is 15.2. The maximum atomic E-state index is 11.9. The van der Waals surface area contributed by atoms with Crippen LogP contribution in [-0.4, -0.2) is 32.3 Å². The molecule has 7 nitrogen and oxygen atoms in total. The number of halogens is 1. The van der Waals surface area contributed by atoms with Gasteiger partial charge in [-0.2, -0.15) is 0 Å². The lowest BCUT2D eigenvalue weighted by atomic mass is 10.1. The van der Waals surface area contributed by atoms with Gasteiger partial charge in [0.1, 0.15) is 22.9 Å². The van der Waals surface area contributed by atoms with Crippen molar-refractivity contribution in [1.82, 2.24) is 24.7 Å². The van der Waals surface area contributed by atoms with Crippen LogP contribution in [0.15, 0.2) is 30.6 Å². The Balaban J connectivity index is 2.00. The maximum absolute atomic E-state index is 11.9. The fourth-order valence-corrected chi connectivity index (χ4v) is 3.58. The summed E-state index contributed by atoms with van der Waals surface area (Å²) in [6.07, 6.45) is 3.50. The summed E-state index contributed by atoms with van der Waals surface area (Å²) in [5.74, 6) is 1.28. The second kappa shape index (κ2) is 6.28. The van der Waals surface area contributed by atoms with E-state index in [2.05, 4.69) is 29.1 Å². The molecule has 3 aromatic heterocycles. The van der Waals surface area contributed by atoms with E-state index in [1.807, 2.05) is 16.7 Å². The molecule has 0 aliphatic carbocycles. The number of nitrogens with two attached hydrogens (primary N) is 1. The number of amides is 1. The summed E-state index contributed by atoms with van der Waals surface area (Å²) >= 11 is 6.66. The first kappa shape index (κ1) is 17.4. The van der Waals surface area contributed by atoms with Gasteiger partial charge in [-0.25, -0.2) is 9.97 Å². The second-order valence-corrected chi connectivity index (χ2v) is 7.04. The number of rotatable bonds is 3. The fraction of sp³-hybridized carbons (Fsp3) is 0.211. The van der Waals surface area contributed by atoms with Crippen LogP contribution in [0, 0.1) is 0 Å². The molecule has 0 atom stereocenters. The molecule has 0 bridgehead atoms. The van der Waals surface area contributed by atoms with Crippen LogP contribution in [0.25, 0.3) is 27.8 Å². The molecule has 0 fully saturated rings. The van der Waals surface area contributed by atoms with Crippen molar-refractivity contribution in [2.45, 2.75) is 19.8 Å². The summed E-state index contributed by atoms with van der Waals surface area (Å²) in [5, 5.41) is 3.97. The molecule has 4 N–H and O–H groups in total. The molecule has 138 valence electrons. The number of hydrogen-bond acceptors (Lipinski definition) is 4. The number of aromatic nitrogens is 4. The van der Waals surface area contributed by atoms with Crippen LogP contribution in [0.3, 0.4) is 0 Å². The van der Waals surface area contributed by atoms with E-state index in [1.54, 1.807) is 25.4 Å². The van der Waals surface area contributed by atoms with Crippen molar-refractivity contribution in [3.63, 3.8) is 0 Å². The van der Waals surface area contributed by atoms with Gasteiger partial charge in [-0.1, -0.05) is 31.5 Å². The molecule has 8 heteroatoms. The summed E-state index contributed by atoms with van der Waals surface area (Å²) in [7, 11) is 1.60. The third-order valence-corrected chi connectivity index (χ3v) is 4.98. The molecule has 0 saturated carbocycles. The SMILES string of the molecule is CNC(=O)c1ccc2c(Cl)c(-c3nc(C(C)C)n4ccnc(N)c34)[nH]c2c1. The Hall–Kier alpha value is -3.06. The lowest BCUT2D eigenvalue weighted by Gasteiger charge is -2.04. The predicted molar refractivity (Wildman–Crippen MR) is 107 cm³/mol. The van der Waals surface area contributed by atoms with Gasteiger partial charge < -0.3 is 16.0 Å². The molecule has 0 spiro atoms.